The first-order valence-corrected chi connectivity index (χ1v) is 6.09. The van der Waals surface area contributed by atoms with E-state index < -0.39 is 0 Å². The van der Waals surface area contributed by atoms with Gasteiger partial charge in [0.25, 0.3) is 0 Å². The smallest absolute Gasteiger partial charge is 0.292 e. The second-order valence-corrected chi connectivity index (χ2v) is 4.32. The van der Waals surface area contributed by atoms with Crippen molar-refractivity contribution in [2.75, 3.05) is 0 Å². The van der Waals surface area contributed by atoms with E-state index in [1.807, 2.05) is 60.7 Å². The maximum Gasteiger partial charge on any atom is 0.340 e. The Hall–Kier alpha value is -2.62. The molecule has 2 N–H and O–H groups in total. The molecule has 0 unspecified atom stereocenters. The van der Waals surface area contributed by atoms with Crippen LogP contribution in [0.25, 0.3) is 0 Å². The number of aromatic nitrogens is 3. The average Bonchev–Trinajstić information content (AvgIpc) is 2.88. The maximum absolute atomic E-state index is 11.3. The summed E-state index contributed by atoms with van der Waals surface area (Å²) in [5.74, 6) is 0.559. The van der Waals surface area contributed by atoms with Crippen molar-refractivity contribution in [3.05, 3.63) is 88.1 Å². The summed E-state index contributed by atoms with van der Waals surface area (Å²) in [5, 5.41) is 6.50. The van der Waals surface area contributed by atoms with E-state index in [0.717, 1.165) is 11.1 Å². The van der Waals surface area contributed by atoms with Gasteiger partial charge in [0.05, 0.1) is 5.92 Å². The third-order valence-electron chi connectivity index (χ3n) is 3.06. The fraction of sp³-hybridized carbons (Fsp3) is 0.0667. The number of aromatic amines is 2. The average molecular weight is 251 g/mol. The van der Waals surface area contributed by atoms with Gasteiger partial charge < -0.3 is 0 Å². The lowest BCUT2D eigenvalue weighted by atomic mass is 9.91. The van der Waals surface area contributed by atoms with Crippen LogP contribution in [-0.4, -0.2) is 15.2 Å². The van der Waals surface area contributed by atoms with Crippen LogP contribution in [0.3, 0.4) is 0 Å². The van der Waals surface area contributed by atoms with E-state index in [0.29, 0.717) is 5.82 Å². The Morgan fingerprint density at radius 3 is 1.79 bits per heavy atom. The van der Waals surface area contributed by atoms with E-state index in [9.17, 15) is 4.79 Å². The molecule has 0 aliphatic heterocycles. The molecule has 94 valence electrons. The summed E-state index contributed by atoms with van der Waals surface area (Å²) in [5.41, 5.74) is 1.90. The molecule has 0 saturated heterocycles. The summed E-state index contributed by atoms with van der Waals surface area (Å²) in [6.45, 7) is 0. The fourth-order valence-electron chi connectivity index (χ4n) is 2.22. The molecule has 19 heavy (non-hydrogen) atoms. The monoisotopic (exact) mass is 251 g/mol. The van der Waals surface area contributed by atoms with E-state index in [4.69, 9.17) is 0 Å². The summed E-state index contributed by atoms with van der Waals surface area (Å²) >= 11 is 0. The van der Waals surface area contributed by atoms with Crippen LogP contribution in [0.15, 0.2) is 65.5 Å². The lowest BCUT2D eigenvalue weighted by Gasteiger charge is -2.14. The van der Waals surface area contributed by atoms with Crippen LogP contribution >= 0.6 is 0 Å². The predicted molar refractivity (Wildman–Crippen MR) is 73.0 cm³/mol. The zero-order valence-corrected chi connectivity index (χ0v) is 10.2. The number of H-pyrrole nitrogens is 2. The molecular formula is C15H13N3O. The first-order valence-electron chi connectivity index (χ1n) is 6.09. The Morgan fingerprint density at radius 2 is 1.37 bits per heavy atom. The quantitative estimate of drug-likeness (QED) is 0.750. The summed E-state index contributed by atoms with van der Waals surface area (Å²) in [7, 11) is 0. The minimum Gasteiger partial charge on any atom is -0.292 e. The minimum absolute atomic E-state index is 0.0682. The Morgan fingerprint density at radius 1 is 0.842 bits per heavy atom. The molecule has 0 fully saturated rings. The zero-order valence-electron chi connectivity index (χ0n) is 10.2. The molecule has 0 aliphatic rings. The van der Waals surface area contributed by atoms with Crippen molar-refractivity contribution < 1.29 is 0 Å². The van der Waals surface area contributed by atoms with Crippen molar-refractivity contribution in [2.24, 2.45) is 0 Å². The van der Waals surface area contributed by atoms with Crippen molar-refractivity contribution in [3.8, 4) is 0 Å². The van der Waals surface area contributed by atoms with Gasteiger partial charge in [0.15, 0.2) is 0 Å². The van der Waals surface area contributed by atoms with Crippen LogP contribution in [0.4, 0.5) is 0 Å². The molecule has 1 aromatic heterocycles. The highest BCUT2D eigenvalue weighted by Gasteiger charge is 2.19. The molecule has 0 atom stereocenters. The highest BCUT2D eigenvalue weighted by Crippen LogP contribution is 2.28. The van der Waals surface area contributed by atoms with E-state index in [1.165, 1.54) is 0 Å². The van der Waals surface area contributed by atoms with Crippen molar-refractivity contribution in [2.45, 2.75) is 5.92 Å². The highest BCUT2D eigenvalue weighted by atomic mass is 16.1. The molecule has 0 saturated carbocycles. The summed E-state index contributed by atoms with van der Waals surface area (Å²) in [6, 6.07) is 20.0. The van der Waals surface area contributed by atoms with Gasteiger partial charge >= 0.3 is 5.69 Å². The minimum atomic E-state index is -0.285. The lowest BCUT2D eigenvalue weighted by Crippen LogP contribution is -2.07. The van der Waals surface area contributed by atoms with Gasteiger partial charge in [0.2, 0.25) is 0 Å². The number of nitrogens with zero attached hydrogens (tertiary/aromatic N) is 1. The Balaban J connectivity index is 2.14. The van der Waals surface area contributed by atoms with Gasteiger partial charge in [-0.3, -0.25) is 4.98 Å². The third-order valence-corrected chi connectivity index (χ3v) is 3.06. The molecule has 0 aliphatic carbocycles. The van der Waals surface area contributed by atoms with E-state index in [1.54, 1.807) is 0 Å². The van der Waals surface area contributed by atoms with E-state index >= 15 is 0 Å². The lowest BCUT2D eigenvalue weighted by molar-refractivity contribution is 0.862. The van der Waals surface area contributed by atoms with Crippen LogP contribution in [0.1, 0.15) is 22.9 Å². The molecule has 0 spiro atoms. The third kappa shape index (κ3) is 2.33. The first kappa shape index (κ1) is 11.5. The van der Waals surface area contributed by atoms with Gasteiger partial charge in [-0.1, -0.05) is 60.7 Å². The molecule has 4 heteroatoms. The second-order valence-electron chi connectivity index (χ2n) is 4.32. The van der Waals surface area contributed by atoms with Crippen molar-refractivity contribution in [1.29, 1.82) is 0 Å². The van der Waals surface area contributed by atoms with Crippen LogP contribution in [0.5, 0.6) is 0 Å². The van der Waals surface area contributed by atoms with Gasteiger partial charge in [-0.05, 0) is 11.1 Å². The standard InChI is InChI=1S/C15H13N3O/c19-15-16-14(17-18-15)13(11-7-3-1-4-8-11)12-9-5-2-6-10-12/h1-10,13H,(H2,16,17,18,19). The van der Waals surface area contributed by atoms with Gasteiger partial charge in [0, 0.05) is 0 Å². The maximum atomic E-state index is 11.3. The first-order chi connectivity index (χ1) is 9.34. The molecule has 3 aromatic rings. The molecule has 0 amide bonds. The molecule has 2 aromatic carbocycles. The van der Waals surface area contributed by atoms with Gasteiger partial charge in [-0.25, -0.2) is 9.89 Å². The summed E-state index contributed by atoms with van der Waals surface area (Å²) in [6.07, 6.45) is 0. The van der Waals surface area contributed by atoms with Gasteiger partial charge in [0.1, 0.15) is 5.82 Å². The number of hydrogen-bond donors (Lipinski definition) is 2. The van der Waals surface area contributed by atoms with Gasteiger partial charge in [-0.15, -0.1) is 0 Å². The van der Waals surface area contributed by atoms with Crippen LogP contribution in [-0.2, 0) is 0 Å². The molecule has 4 nitrogen and oxygen atoms in total. The predicted octanol–water partition coefficient (Wildman–Crippen LogP) is 2.28. The number of nitrogens with one attached hydrogen (secondary N) is 2. The molecule has 3 rings (SSSR count). The summed E-state index contributed by atoms with van der Waals surface area (Å²) < 4.78 is 0. The van der Waals surface area contributed by atoms with Crippen LogP contribution in [0.2, 0.25) is 0 Å². The zero-order chi connectivity index (χ0) is 13.1. The summed E-state index contributed by atoms with van der Waals surface area (Å²) in [4.78, 5) is 14.0. The largest absolute Gasteiger partial charge is 0.340 e. The SMILES string of the molecule is O=c1[nH]nc(C(c2ccccc2)c2ccccc2)[nH]1. The van der Waals surface area contributed by atoms with Crippen molar-refractivity contribution >= 4 is 0 Å². The van der Waals surface area contributed by atoms with Crippen molar-refractivity contribution in [1.82, 2.24) is 15.2 Å². The molecule has 0 radical (unpaired) electrons. The fourth-order valence-corrected chi connectivity index (χ4v) is 2.22. The molecular weight excluding hydrogens is 238 g/mol. The van der Waals surface area contributed by atoms with E-state index in [-0.39, 0.29) is 11.6 Å². The topological polar surface area (TPSA) is 61.5 Å². The van der Waals surface area contributed by atoms with E-state index in [2.05, 4.69) is 15.2 Å². The van der Waals surface area contributed by atoms with Crippen molar-refractivity contribution in [3.63, 3.8) is 0 Å². The highest BCUT2D eigenvalue weighted by molar-refractivity contribution is 5.37. The molecule has 1 heterocycles. The van der Waals surface area contributed by atoms with Crippen LogP contribution in [0, 0.1) is 0 Å². The number of hydrogen-bond acceptors (Lipinski definition) is 2. The Kier molecular flexibility index (Phi) is 2.98. The normalized spacial score (nSPS) is 10.8. The number of rotatable bonds is 3. The Labute approximate surface area is 110 Å². The number of benzene rings is 2. The van der Waals surface area contributed by atoms with Crippen LogP contribution < -0.4 is 5.69 Å². The molecule has 0 bridgehead atoms. The second kappa shape index (κ2) is 4.94. The van der Waals surface area contributed by atoms with Gasteiger partial charge in [-0.2, -0.15) is 5.10 Å². The Bertz CT molecular complexity index is 661.